The minimum atomic E-state index is 0.0555. The van der Waals surface area contributed by atoms with Crippen molar-refractivity contribution in [3.05, 3.63) is 6.20 Å². The van der Waals surface area contributed by atoms with E-state index in [1.807, 2.05) is 0 Å². The van der Waals surface area contributed by atoms with Crippen LogP contribution in [0.4, 0.5) is 5.88 Å². The predicted octanol–water partition coefficient (Wildman–Crippen LogP) is 1.30. The van der Waals surface area contributed by atoms with Gasteiger partial charge in [-0.3, -0.25) is 14.6 Å². The molecule has 0 atom stereocenters. The van der Waals surface area contributed by atoms with Crippen LogP contribution in [0.25, 0.3) is 0 Å². The molecule has 1 N–H and O–H groups in total. The van der Waals surface area contributed by atoms with Gasteiger partial charge in [-0.05, 0) is 15.6 Å². The fourth-order valence-corrected chi connectivity index (χ4v) is 3.47. The van der Waals surface area contributed by atoms with Gasteiger partial charge in [-0.2, -0.15) is 0 Å². The number of halogens is 1. The van der Waals surface area contributed by atoms with Gasteiger partial charge >= 0.3 is 34.9 Å². The predicted molar refractivity (Wildman–Crippen MR) is 84.0 cm³/mol. The van der Waals surface area contributed by atoms with E-state index in [0.717, 1.165) is 38.8 Å². The van der Waals surface area contributed by atoms with Crippen LogP contribution in [0.15, 0.2) is 10.7 Å². The van der Waals surface area contributed by atoms with E-state index in [1.165, 1.54) is 6.42 Å². The molecule has 3 rings (SSSR count). The van der Waals surface area contributed by atoms with Crippen LogP contribution in [-0.2, 0) is 9.53 Å². The van der Waals surface area contributed by atoms with Crippen LogP contribution in [0.2, 0.25) is 0 Å². The van der Waals surface area contributed by atoms with Crippen LogP contribution in [0.5, 0.6) is 0 Å². The minimum absolute atomic E-state index is 0.0555. The van der Waals surface area contributed by atoms with E-state index >= 15 is 0 Å². The Morgan fingerprint density at radius 2 is 2.05 bits per heavy atom. The number of hydrogen-bond donors (Lipinski definition) is 1. The molecule has 2 heterocycles. The number of ether oxygens (including phenoxy) is 1. The molecule has 116 valence electrons. The first-order valence-corrected chi connectivity index (χ1v) is 8.49. The molecule has 7 nitrogen and oxygen atoms in total. The highest BCUT2D eigenvalue weighted by molar-refractivity contribution is 14.1. The molecule has 0 spiro atoms. The number of morpholine rings is 1. The Kier molecular flexibility index (Phi) is 4.75. The highest BCUT2D eigenvalue weighted by atomic mass is 127. The maximum Gasteiger partial charge on any atom is 0.329 e. The van der Waals surface area contributed by atoms with E-state index in [0.29, 0.717) is 21.9 Å². The smallest absolute Gasteiger partial charge is 0.329 e. The van der Waals surface area contributed by atoms with E-state index < -0.39 is 0 Å². The van der Waals surface area contributed by atoms with Crippen molar-refractivity contribution in [1.29, 1.82) is 0 Å². The number of nitrogens with one attached hydrogen (secondary N) is 1. The van der Waals surface area contributed by atoms with Crippen molar-refractivity contribution in [3.63, 3.8) is 0 Å². The Balaban J connectivity index is 1.63. The molecule has 0 unspecified atom stereocenters. The zero-order chi connectivity index (χ0) is 14.7. The highest BCUT2D eigenvalue weighted by Crippen LogP contribution is 2.24. The molecule has 1 saturated heterocycles. The van der Waals surface area contributed by atoms with Gasteiger partial charge in [0.05, 0.1) is 0 Å². The lowest BCUT2D eigenvalue weighted by Gasteiger charge is -2.22. The maximum atomic E-state index is 12.2. The lowest BCUT2D eigenvalue weighted by atomic mass is 9.89. The molecule has 1 aliphatic heterocycles. The van der Waals surface area contributed by atoms with Gasteiger partial charge in [0.2, 0.25) is 5.91 Å². The fraction of sp³-hybridized carbons (Fsp3) is 0.769. The second kappa shape index (κ2) is 6.57. The molecule has 2 fully saturated rings. The van der Waals surface area contributed by atoms with Gasteiger partial charge in [0.25, 0.3) is 5.27 Å². The van der Waals surface area contributed by atoms with Crippen LogP contribution >= 0.6 is 22.9 Å². The van der Waals surface area contributed by atoms with Gasteiger partial charge in [-0.25, -0.2) is 0 Å². The van der Waals surface area contributed by atoms with Crippen LogP contribution in [0, 0.1) is 5.92 Å². The zero-order valence-electron chi connectivity index (χ0n) is 12.0. The molecule has 0 bridgehead atoms. The summed E-state index contributed by atoms with van der Waals surface area (Å²) in [5, 5.41) is 6.90. The average molecular weight is 408 g/mol. The number of carbonyl (C=O) groups excluding carboxylic acids is 1. The summed E-state index contributed by atoms with van der Waals surface area (Å²) in [6.07, 6.45) is 7.24. The summed E-state index contributed by atoms with van der Waals surface area (Å²) in [4.78, 5) is 13.9. The quantitative estimate of drug-likeness (QED) is 0.465. The molecular formula is C13H21IN4O3+2. The average Bonchev–Trinajstić information content (AvgIpc) is 2.98. The fourth-order valence-electron chi connectivity index (χ4n) is 2.88. The minimum Gasteiger partial charge on any atom is -0.369 e. The lowest BCUT2D eigenvalue weighted by Crippen LogP contribution is -2.72. The molecule has 1 aliphatic carbocycles. The first-order chi connectivity index (χ1) is 10.2. The molecule has 1 saturated carbocycles. The monoisotopic (exact) mass is 408 g/mol. The van der Waals surface area contributed by atoms with Crippen molar-refractivity contribution in [2.75, 3.05) is 31.6 Å². The standard InChI is InChI=1S/C13H20IN4O3/c14-18(6-8-20-9-7-18)17-10-12(21-16-17)15-13(19)11-4-2-1-3-5-11/h10-11H,1-9H2/q+1/p+1. The summed E-state index contributed by atoms with van der Waals surface area (Å²) in [5.74, 6) is 0.592. The van der Waals surface area contributed by atoms with E-state index in [2.05, 4.69) is 33.5 Å². The summed E-state index contributed by atoms with van der Waals surface area (Å²) >= 11 is 2.33. The number of carbonyl (C=O) groups is 1. The normalized spacial score (nSPS) is 22.9. The molecule has 1 aromatic heterocycles. The van der Waals surface area contributed by atoms with E-state index in [9.17, 15) is 4.79 Å². The van der Waals surface area contributed by atoms with E-state index in [4.69, 9.17) is 9.26 Å². The first-order valence-electron chi connectivity index (χ1n) is 7.52. The Morgan fingerprint density at radius 3 is 2.76 bits per heavy atom. The van der Waals surface area contributed by atoms with Crippen molar-refractivity contribution >= 4 is 34.7 Å². The third kappa shape index (κ3) is 3.54. The number of rotatable bonds is 3. The van der Waals surface area contributed by atoms with E-state index in [-0.39, 0.29) is 11.8 Å². The lowest BCUT2D eigenvalue weighted by molar-refractivity contribution is -0.843. The number of nitrogens with zero attached hydrogens (tertiary/aromatic N) is 3. The Morgan fingerprint density at radius 1 is 1.33 bits per heavy atom. The third-order valence-corrected chi connectivity index (χ3v) is 5.61. The summed E-state index contributed by atoms with van der Waals surface area (Å²) in [5.41, 5.74) is 0. The van der Waals surface area contributed by atoms with Crippen molar-refractivity contribution < 1.29 is 18.8 Å². The van der Waals surface area contributed by atoms with Gasteiger partial charge in [0.15, 0.2) is 13.1 Å². The molecule has 0 radical (unpaired) electrons. The Labute approximate surface area is 137 Å². The molecule has 8 heteroatoms. The second-order valence-electron chi connectivity index (χ2n) is 5.69. The van der Waals surface area contributed by atoms with Crippen molar-refractivity contribution in [2.45, 2.75) is 32.1 Å². The highest BCUT2D eigenvalue weighted by Gasteiger charge is 2.42. The third-order valence-electron chi connectivity index (χ3n) is 4.20. The van der Waals surface area contributed by atoms with Crippen LogP contribution < -0.4 is 12.9 Å². The largest absolute Gasteiger partial charge is 0.369 e. The first kappa shape index (κ1) is 15.2. The molecule has 0 aromatic carbocycles. The SMILES string of the molecule is O=C(Nc1c[n+]([N+]2(I)CCOCC2)no1)C1CCCCC1. The van der Waals surface area contributed by atoms with Gasteiger partial charge in [0.1, 0.15) is 18.0 Å². The number of anilines is 1. The molecule has 2 aliphatic rings. The Bertz CT molecular complexity index is 495. The summed E-state index contributed by atoms with van der Waals surface area (Å²) in [7, 11) is 0. The topological polar surface area (TPSA) is 68.2 Å². The van der Waals surface area contributed by atoms with Crippen LogP contribution in [-0.4, -0.2) is 37.5 Å². The van der Waals surface area contributed by atoms with Crippen molar-refractivity contribution in [3.8, 4) is 0 Å². The molecule has 21 heavy (non-hydrogen) atoms. The second-order valence-corrected chi connectivity index (χ2v) is 7.49. The van der Waals surface area contributed by atoms with Gasteiger partial charge in [-0.1, -0.05) is 19.3 Å². The molecule has 1 aromatic rings. The molecular weight excluding hydrogens is 387 g/mol. The van der Waals surface area contributed by atoms with Crippen molar-refractivity contribution in [2.24, 2.45) is 5.92 Å². The van der Waals surface area contributed by atoms with Crippen LogP contribution in [0.1, 0.15) is 32.1 Å². The molecule has 1 amide bonds. The summed E-state index contributed by atoms with van der Waals surface area (Å²) < 4.78 is 11.2. The van der Waals surface area contributed by atoms with E-state index in [1.54, 1.807) is 11.0 Å². The van der Waals surface area contributed by atoms with Gasteiger partial charge < -0.3 is 4.74 Å². The van der Waals surface area contributed by atoms with Gasteiger partial charge in [-0.15, -0.1) is 0 Å². The Hall–Kier alpha value is -0.740. The van der Waals surface area contributed by atoms with Crippen molar-refractivity contribution in [1.82, 2.24) is 8.08 Å². The number of quaternary nitrogens is 1. The number of hydrogen-bond acceptors (Lipinski definition) is 4. The summed E-state index contributed by atoms with van der Waals surface area (Å²) in [6.45, 7) is 3.06. The number of amides is 1. The van der Waals surface area contributed by atoms with Gasteiger partial charge in [0, 0.05) is 5.92 Å². The maximum absolute atomic E-state index is 12.2. The number of aromatic nitrogens is 2. The van der Waals surface area contributed by atoms with Crippen LogP contribution in [0.3, 0.4) is 0 Å². The zero-order valence-corrected chi connectivity index (χ0v) is 14.1. The summed E-state index contributed by atoms with van der Waals surface area (Å²) in [6, 6.07) is 0.